The van der Waals surface area contributed by atoms with E-state index in [2.05, 4.69) is 91.3 Å². The highest BCUT2D eigenvalue weighted by Crippen LogP contribution is 2.28. The largest absolute Gasteiger partial charge is 0.213 e. The predicted octanol–water partition coefficient (Wildman–Crippen LogP) is 4.79. The third-order valence-electron chi connectivity index (χ3n) is 4.55. The first kappa shape index (κ1) is 13.0. The summed E-state index contributed by atoms with van der Waals surface area (Å²) >= 11 is 0. The number of rotatable bonds is 1. The lowest BCUT2D eigenvalue weighted by atomic mass is 9.97. The molecule has 3 aromatic carbocycles. The second-order valence-electron chi connectivity index (χ2n) is 5.80. The molecule has 1 nitrogen and oxygen atoms in total. The summed E-state index contributed by atoms with van der Waals surface area (Å²) in [7, 11) is 2.15. The standard InChI is InChI=1S/C21H18N/c1-15-18-9-5-3-7-16(18)11-13-19(15)21-14-12-17-8-4-6-10-20(17)22(21)2/h3-14H,1-2H3/q+1. The summed E-state index contributed by atoms with van der Waals surface area (Å²) in [6.45, 7) is 2.22. The Labute approximate surface area is 130 Å². The van der Waals surface area contributed by atoms with Crippen LogP contribution in [0.15, 0.2) is 72.8 Å². The molecule has 0 saturated heterocycles. The van der Waals surface area contributed by atoms with Crippen LogP contribution in [-0.4, -0.2) is 0 Å². The molecule has 0 amide bonds. The van der Waals surface area contributed by atoms with E-state index in [1.165, 1.54) is 38.5 Å². The van der Waals surface area contributed by atoms with Gasteiger partial charge in [0.25, 0.3) is 0 Å². The van der Waals surface area contributed by atoms with Crippen molar-refractivity contribution < 1.29 is 4.57 Å². The summed E-state index contributed by atoms with van der Waals surface area (Å²) in [5.41, 5.74) is 5.14. The molecule has 0 aliphatic heterocycles. The lowest BCUT2D eigenvalue weighted by Gasteiger charge is -2.09. The van der Waals surface area contributed by atoms with E-state index < -0.39 is 0 Å². The van der Waals surface area contributed by atoms with Crippen LogP contribution < -0.4 is 4.57 Å². The van der Waals surface area contributed by atoms with Gasteiger partial charge in [-0.2, -0.15) is 4.57 Å². The van der Waals surface area contributed by atoms with Crippen LogP contribution in [0.5, 0.6) is 0 Å². The van der Waals surface area contributed by atoms with E-state index in [-0.39, 0.29) is 0 Å². The highest BCUT2D eigenvalue weighted by molar-refractivity contribution is 5.91. The van der Waals surface area contributed by atoms with Gasteiger partial charge in [-0.15, -0.1) is 0 Å². The molecule has 0 fully saturated rings. The fraction of sp³-hybridized carbons (Fsp3) is 0.0952. The van der Waals surface area contributed by atoms with Crippen LogP contribution in [0.4, 0.5) is 0 Å². The normalized spacial score (nSPS) is 11.2. The van der Waals surface area contributed by atoms with Crippen LogP contribution >= 0.6 is 0 Å². The summed E-state index contributed by atoms with van der Waals surface area (Å²) in [5, 5.41) is 3.90. The quantitative estimate of drug-likeness (QED) is 0.442. The number of aromatic nitrogens is 1. The summed E-state index contributed by atoms with van der Waals surface area (Å²) < 4.78 is 2.28. The molecule has 0 unspecified atom stereocenters. The van der Waals surface area contributed by atoms with Gasteiger partial charge < -0.3 is 0 Å². The lowest BCUT2D eigenvalue weighted by molar-refractivity contribution is -0.633. The van der Waals surface area contributed by atoms with Crippen molar-refractivity contribution in [3.8, 4) is 11.3 Å². The maximum absolute atomic E-state index is 2.28. The van der Waals surface area contributed by atoms with E-state index in [0.717, 1.165) is 0 Å². The zero-order chi connectivity index (χ0) is 15.1. The van der Waals surface area contributed by atoms with E-state index in [1.54, 1.807) is 0 Å². The zero-order valence-electron chi connectivity index (χ0n) is 12.9. The summed E-state index contributed by atoms with van der Waals surface area (Å²) in [6.07, 6.45) is 0. The fourth-order valence-electron chi connectivity index (χ4n) is 3.32. The third-order valence-corrected chi connectivity index (χ3v) is 4.55. The van der Waals surface area contributed by atoms with Crippen LogP contribution in [0.2, 0.25) is 0 Å². The molecule has 0 aliphatic rings. The van der Waals surface area contributed by atoms with Gasteiger partial charge in [0.1, 0.15) is 7.05 Å². The molecule has 1 aromatic heterocycles. The number of hydrogen-bond acceptors (Lipinski definition) is 0. The molecular weight excluding hydrogens is 266 g/mol. The van der Waals surface area contributed by atoms with Crippen molar-refractivity contribution >= 4 is 21.7 Å². The number of hydrogen-bond donors (Lipinski definition) is 0. The predicted molar refractivity (Wildman–Crippen MR) is 92.8 cm³/mol. The minimum Gasteiger partial charge on any atom is -0.194 e. The van der Waals surface area contributed by atoms with Gasteiger partial charge in [-0.3, -0.25) is 0 Å². The summed E-state index contributed by atoms with van der Waals surface area (Å²) in [5.74, 6) is 0. The SMILES string of the molecule is Cc1c(-c2ccc3ccccc3[n+]2C)ccc2ccccc12. The van der Waals surface area contributed by atoms with Crippen LogP contribution in [0.3, 0.4) is 0 Å². The van der Waals surface area contributed by atoms with Gasteiger partial charge in [0.05, 0.1) is 0 Å². The van der Waals surface area contributed by atoms with Crippen LogP contribution in [0.1, 0.15) is 5.56 Å². The average Bonchev–Trinajstić information content (AvgIpc) is 2.57. The molecule has 0 aliphatic carbocycles. The van der Waals surface area contributed by atoms with Gasteiger partial charge in [0.2, 0.25) is 11.2 Å². The maximum Gasteiger partial charge on any atom is 0.213 e. The van der Waals surface area contributed by atoms with E-state index >= 15 is 0 Å². The van der Waals surface area contributed by atoms with Crippen molar-refractivity contribution in [3.63, 3.8) is 0 Å². The first-order valence-corrected chi connectivity index (χ1v) is 7.62. The molecule has 4 rings (SSSR count). The smallest absolute Gasteiger partial charge is 0.194 e. The Morgan fingerprint density at radius 2 is 1.36 bits per heavy atom. The van der Waals surface area contributed by atoms with Gasteiger partial charge in [-0.1, -0.05) is 42.5 Å². The molecule has 4 aromatic rings. The van der Waals surface area contributed by atoms with Gasteiger partial charge in [-0.25, -0.2) is 0 Å². The Morgan fingerprint density at radius 1 is 0.682 bits per heavy atom. The molecule has 0 N–H and O–H groups in total. The van der Waals surface area contributed by atoms with Gasteiger partial charge in [0.15, 0.2) is 0 Å². The lowest BCUT2D eigenvalue weighted by Crippen LogP contribution is -2.32. The second-order valence-corrected chi connectivity index (χ2v) is 5.80. The van der Waals surface area contributed by atoms with Crippen molar-refractivity contribution in [2.45, 2.75) is 6.92 Å². The zero-order valence-corrected chi connectivity index (χ0v) is 12.9. The number of benzene rings is 3. The van der Waals surface area contributed by atoms with Crippen LogP contribution in [0, 0.1) is 6.92 Å². The highest BCUT2D eigenvalue weighted by Gasteiger charge is 2.16. The van der Waals surface area contributed by atoms with Gasteiger partial charge in [0, 0.05) is 23.1 Å². The van der Waals surface area contributed by atoms with Gasteiger partial charge >= 0.3 is 0 Å². The number of fused-ring (bicyclic) bond motifs is 2. The first-order chi connectivity index (χ1) is 10.8. The number of pyridine rings is 1. The number of nitrogens with zero attached hydrogens (tertiary/aromatic N) is 1. The Morgan fingerprint density at radius 3 is 2.23 bits per heavy atom. The molecule has 0 spiro atoms. The topological polar surface area (TPSA) is 3.88 Å². The third kappa shape index (κ3) is 1.90. The number of aryl methyl sites for hydroxylation is 2. The van der Waals surface area contributed by atoms with E-state index in [9.17, 15) is 0 Å². The minimum atomic E-state index is 1.25. The Hall–Kier alpha value is -2.67. The molecule has 22 heavy (non-hydrogen) atoms. The molecular formula is C21H18N+. The van der Waals surface area contributed by atoms with Gasteiger partial charge in [-0.05, 0) is 41.5 Å². The molecule has 106 valence electrons. The van der Waals surface area contributed by atoms with Crippen molar-refractivity contribution in [1.82, 2.24) is 0 Å². The molecule has 1 heterocycles. The van der Waals surface area contributed by atoms with E-state index in [4.69, 9.17) is 0 Å². The Balaban J connectivity index is 2.03. The van der Waals surface area contributed by atoms with Crippen LogP contribution in [0.25, 0.3) is 32.9 Å². The Bertz CT molecular complexity index is 916. The molecule has 1 heteroatoms. The summed E-state index contributed by atoms with van der Waals surface area (Å²) in [6, 6.07) is 26.0. The molecule has 0 radical (unpaired) electrons. The second kappa shape index (κ2) is 4.96. The highest BCUT2D eigenvalue weighted by atomic mass is 14.9. The molecule has 0 bridgehead atoms. The van der Waals surface area contributed by atoms with Crippen molar-refractivity contribution in [2.75, 3.05) is 0 Å². The molecule has 0 atom stereocenters. The Kier molecular flexibility index (Phi) is 2.93. The summed E-state index contributed by atoms with van der Waals surface area (Å²) in [4.78, 5) is 0. The van der Waals surface area contributed by atoms with E-state index in [0.29, 0.717) is 0 Å². The minimum absolute atomic E-state index is 1.25. The fourth-order valence-corrected chi connectivity index (χ4v) is 3.32. The van der Waals surface area contributed by atoms with Crippen molar-refractivity contribution in [3.05, 3.63) is 78.4 Å². The first-order valence-electron chi connectivity index (χ1n) is 7.62. The average molecular weight is 284 g/mol. The van der Waals surface area contributed by atoms with Crippen molar-refractivity contribution in [2.24, 2.45) is 7.05 Å². The van der Waals surface area contributed by atoms with E-state index in [1.807, 2.05) is 0 Å². The molecule has 0 saturated carbocycles. The van der Waals surface area contributed by atoms with Crippen LogP contribution in [-0.2, 0) is 7.05 Å². The number of para-hydroxylation sites is 1. The maximum atomic E-state index is 2.28. The monoisotopic (exact) mass is 284 g/mol. The van der Waals surface area contributed by atoms with Crippen molar-refractivity contribution in [1.29, 1.82) is 0 Å².